The molecule has 18 heteroatoms. The van der Waals surface area contributed by atoms with Crippen LogP contribution in [-0.2, 0) is 42.2 Å². The van der Waals surface area contributed by atoms with Gasteiger partial charge >= 0.3 is 23.9 Å². The molecule has 3 heterocycles. The maximum Gasteiger partial charge on any atom is 0.303 e. The predicted molar refractivity (Wildman–Crippen MR) is 528 cm³/mol. The van der Waals surface area contributed by atoms with E-state index in [-0.39, 0.29) is 43.7 Å². The van der Waals surface area contributed by atoms with Crippen LogP contribution in [0.3, 0.4) is 0 Å². The Morgan fingerprint density at radius 1 is 0.308 bits per heavy atom. The van der Waals surface area contributed by atoms with E-state index in [1.165, 1.54) is 32.6 Å². The molecule has 0 spiro atoms. The van der Waals surface area contributed by atoms with Crippen molar-refractivity contribution in [3.8, 4) is 0 Å². The molecular formula is C112H117Br2N6O9P. The maximum absolute atomic E-state index is 11.3. The number of aldehydes is 1. The summed E-state index contributed by atoms with van der Waals surface area (Å²) in [6, 6.07) is 127. The van der Waals surface area contributed by atoms with Crippen molar-refractivity contribution in [1.29, 1.82) is 0 Å². The van der Waals surface area contributed by atoms with E-state index >= 15 is 0 Å². The molecule has 0 bridgehead atoms. The fourth-order valence-electron chi connectivity index (χ4n) is 16.7. The summed E-state index contributed by atoms with van der Waals surface area (Å²) in [7, 11) is -1.76. The van der Waals surface area contributed by atoms with Crippen LogP contribution < -0.4 is 32.9 Å². The monoisotopic (exact) mass is 1880 g/mol. The molecule has 15 rings (SSSR count). The summed E-state index contributed by atoms with van der Waals surface area (Å²) in [5.74, 6) is -2.85. The number of carboxylic acid groups (broad SMARTS) is 4. The lowest BCUT2D eigenvalue weighted by Gasteiger charge is -2.37. The third kappa shape index (κ3) is 27.0. The van der Waals surface area contributed by atoms with Crippen molar-refractivity contribution in [2.45, 2.75) is 140 Å². The van der Waals surface area contributed by atoms with Gasteiger partial charge in [0, 0.05) is 49.6 Å². The number of hydrogen-bond acceptors (Lipinski definition) is 8. The first-order chi connectivity index (χ1) is 62.8. The highest BCUT2D eigenvalue weighted by atomic mass is 79.9. The lowest BCUT2D eigenvalue weighted by Crippen LogP contribution is -3.00. The number of aliphatic carboxylic acids is 4. The number of imidazole rings is 3. The number of nitrogens with zero attached hydrogens (tertiary/aromatic N) is 6. The fraction of sp³-hybridized carbons (Fsp3) is 0.214. The standard InChI is InChI=1S/C29H30N2O2.C29H28N2O2.C24H25O2P.C23H18N2O.C6H11BrO2.CH4.BrH/c2*32-28(33)21-13-2-1-12-20-27-22-31(23-30-27)29(24-14-6-3-7-15-24,25-16-8-4-9-17-25)26-18-10-5-11-19-26;25-24(26)19-11-4-12-20-27(21-13-5-1-6-14-21,22-15-7-2-8-16-22)23-17-9-3-10-18-23;26-17-22-16-25(18-24-22)23(19-10-4-1-5-11-19,20-12-6-2-7-13-20)21-14-8-3-9-15-21;7-5-3-1-2-4-6(8)9;;/h3-11,14-19,22-23H,1-2,12-13,20-21H2,(H,32,33);3-12,14-20,22-23H,1-2,13,21H2,(H,32,33);1-3,5-10,13-18H,4,11-12,19-20H2;1-18H;1-5H2,(H,8,9);1H4;1H/b;20-12+;;;;;. The van der Waals surface area contributed by atoms with Crippen molar-refractivity contribution in [3.05, 3.63) is 475 Å². The first-order valence-corrected chi connectivity index (χ1v) is 47.1. The van der Waals surface area contributed by atoms with Crippen LogP contribution in [0.5, 0.6) is 0 Å². The summed E-state index contributed by atoms with van der Waals surface area (Å²) in [5.41, 5.74) is 11.0. The minimum Gasteiger partial charge on any atom is -1.00 e. The fourth-order valence-corrected chi connectivity index (χ4v) is 21.5. The van der Waals surface area contributed by atoms with Crippen LogP contribution in [0.25, 0.3) is 6.08 Å². The molecule has 0 aliphatic carbocycles. The van der Waals surface area contributed by atoms with Crippen molar-refractivity contribution in [2.24, 2.45) is 0 Å². The molecule has 130 heavy (non-hydrogen) atoms. The van der Waals surface area contributed by atoms with Gasteiger partial charge in [-0.3, -0.25) is 24.0 Å². The second-order valence-corrected chi connectivity index (χ2v) is 35.6. The van der Waals surface area contributed by atoms with Gasteiger partial charge in [-0.2, -0.15) is 0 Å². The van der Waals surface area contributed by atoms with Crippen LogP contribution in [0.2, 0.25) is 0 Å². The van der Waals surface area contributed by atoms with Gasteiger partial charge in [0.15, 0.2) is 6.29 Å². The highest BCUT2D eigenvalue weighted by Gasteiger charge is 2.45. The van der Waals surface area contributed by atoms with Gasteiger partial charge in [0.05, 0.1) is 36.5 Å². The Hall–Kier alpha value is -13.1. The number of halogens is 2. The molecule has 15 aromatic rings. The molecule has 4 N–H and O–H groups in total. The molecule has 15 nitrogen and oxygen atoms in total. The first-order valence-electron chi connectivity index (χ1n) is 44.0. The van der Waals surface area contributed by atoms with Gasteiger partial charge in [-0.1, -0.05) is 376 Å². The molecule has 0 amide bonds. The number of carboxylic acids is 4. The molecule has 12 aromatic carbocycles. The Labute approximate surface area is 785 Å². The zero-order valence-electron chi connectivity index (χ0n) is 72.7. The van der Waals surface area contributed by atoms with Gasteiger partial charge < -0.3 is 51.1 Å². The third-order valence-corrected chi connectivity index (χ3v) is 27.8. The Morgan fingerprint density at radius 3 is 0.838 bits per heavy atom. The van der Waals surface area contributed by atoms with Crippen molar-refractivity contribution < 1.29 is 61.4 Å². The average molecular weight is 1880 g/mol. The number of rotatable bonds is 40. The number of allylic oxidation sites excluding steroid dienone is 1. The topological polar surface area (TPSA) is 220 Å². The predicted octanol–water partition coefficient (Wildman–Crippen LogP) is 21.5. The first kappa shape index (κ1) is 101. The van der Waals surface area contributed by atoms with E-state index in [1.54, 1.807) is 12.5 Å². The molecule has 0 saturated heterocycles. The quantitative estimate of drug-likeness (QED) is 0.00927. The van der Waals surface area contributed by atoms with Crippen LogP contribution in [-0.4, -0.2) is 90.7 Å². The van der Waals surface area contributed by atoms with E-state index in [0.29, 0.717) is 18.5 Å². The minimum absolute atomic E-state index is 0. The van der Waals surface area contributed by atoms with Gasteiger partial charge in [-0.25, -0.2) is 15.0 Å². The van der Waals surface area contributed by atoms with E-state index in [1.807, 2.05) is 114 Å². The number of alkyl halides is 1. The van der Waals surface area contributed by atoms with Crippen LogP contribution in [0, 0.1) is 0 Å². The maximum atomic E-state index is 11.3. The number of aromatic nitrogens is 6. The highest BCUT2D eigenvalue weighted by molar-refractivity contribution is 9.09. The van der Waals surface area contributed by atoms with E-state index in [0.717, 1.165) is 146 Å². The van der Waals surface area contributed by atoms with Gasteiger partial charge in [0.2, 0.25) is 0 Å². The lowest BCUT2D eigenvalue weighted by molar-refractivity contribution is -0.138. The molecule has 0 aliphatic rings. The number of unbranched alkanes of at least 4 members (excludes halogenated alkanes) is 9. The van der Waals surface area contributed by atoms with Crippen LogP contribution in [0.15, 0.2) is 408 Å². The Kier molecular flexibility index (Phi) is 41.6. The van der Waals surface area contributed by atoms with Crippen molar-refractivity contribution >= 4 is 75.3 Å². The second kappa shape index (κ2) is 53.7. The Bertz CT molecular complexity index is 5380. The lowest BCUT2D eigenvalue weighted by atomic mass is 9.77. The van der Waals surface area contributed by atoms with Crippen LogP contribution >= 0.6 is 23.2 Å². The van der Waals surface area contributed by atoms with Crippen molar-refractivity contribution in [3.63, 3.8) is 0 Å². The molecule has 0 radical (unpaired) electrons. The van der Waals surface area contributed by atoms with Crippen molar-refractivity contribution in [2.75, 3.05) is 11.5 Å². The summed E-state index contributed by atoms with van der Waals surface area (Å²) >= 11 is 3.27. The molecule has 668 valence electrons. The summed E-state index contributed by atoms with van der Waals surface area (Å²) < 4.78 is 6.46. The van der Waals surface area contributed by atoms with Gasteiger partial charge in [-0.05, 0) is 163 Å². The molecule has 0 unspecified atom stereocenters. The van der Waals surface area contributed by atoms with Crippen LogP contribution in [0.4, 0.5) is 0 Å². The normalized spacial score (nSPS) is 11.1. The average Bonchev–Trinajstić information content (AvgIpc) is 1.38. The van der Waals surface area contributed by atoms with Gasteiger partial charge in [-0.15, -0.1) is 0 Å². The van der Waals surface area contributed by atoms with Crippen LogP contribution in [0.1, 0.15) is 189 Å². The number of benzene rings is 12. The second-order valence-electron chi connectivity index (χ2n) is 31.2. The Balaban J connectivity index is 0.000000189. The summed E-state index contributed by atoms with van der Waals surface area (Å²) in [4.78, 5) is 67.2. The molecular weight excluding hydrogens is 1760 g/mol. The van der Waals surface area contributed by atoms with E-state index in [2.05, 4.69) is 326 Å². The van der Waals surface area contributed by atoms with E-state index in [9.17, 15) is 24.0 Å². The molecule has 0 saturated carbocycles. The number of carbonyl (C=O) groups is 5. The van der Waals surface area contributed by atoms with Crippen molar-refractivity contribution in [1.82, 2.24) is 28.7 Å². The SMILES string of the molecule is C.O=C(O)CCCC/C=C/c1cn(C(c2ccccc2)(c2ccccc2)c2ccccc2)cn1.O=C(O)CCCCCBr.O=C(O)CCCCCCc1cn(C(c2ccccc2)(c2ccccc2)c2ccccc2)cn1.O=C(O)CCCCC[P+](c1ccccc1)(c1ccccc1)c1ccccc1.O=Cc1cn(C(c2ccccc2)(c2ccccc2)c2ccccc2)cn1.[Br-]. The summed E-state index contributed by atoms with van der Waals surface area (Å²) in [5, 5.41) is 39.8. The smallest absolute Gasteiger partial charge is 0.303 e. The highest BCUT2D eigenvalue weighted by Crippen LogP contribution is 2.56. The zero-order valence-corrected chi connectivity index (χ0v) is 76.8. The zero-order chi connectivity index (χ0) is 89.8. The number of carbonyl (C=O) groups excluding carboxylic acids is 1. The van der Waals surface area contributed by atoms with Gasteiger partial charge in [0.1, 0.15) is 45.5 Å². The third-order valence-electron chi connectivity index (χ3n) is 22.7. The molecule has 0 atom stereocenters. The van der Waals surface area contributed by atoms with E-state index < -0.39 is 47.8 Å². The largest absolute Gasteiger partial charge is 1.00 e. The number of hydrogen-bond donors (Lipinski definition) is 4. The molecule has 3 aromatic heterocycles. The Morgan fingerprint density at radius 2 is 0.554 bits per heavy atom. The molecule has 0 fully saturated rings. The van der Waals surface area contributed by atoms with E-state index in [4.69, 9.17) is 25.4 Å². The summed E-state index contributed by atoms with van der Waals surface area (Å²) in [6.07, 6.45) is 31.2. The van der Waals surface area contributed by atoms with Gasteiger partial charge in [0.25, 0.3) is 0 Å². The summed E-state index contributed by atoms with van der Waals surface area (Å²) in [6.45, 7) is 0. The minimum atomic E-state index is -1.76. The number of aryl methyl sites for hydroxylation is 1. The molecule has 0 aliphatic heterocycles.